The fraction of sp³-hybridized carbons (Fsp3) is 0.471. The SMILES string of the molecule is CC(=O)N1CCN([C@@H](C)c2sc(-c3cccnc3)nc2C)CC1. The number of hydrogen-bond acceptors (Lipinski definition) is 5. The molecule has 3 heterocycles. The van der Waals surface area contributed by atoms with Crippen LogP contribution in [0.5, 0.6) is 0 Å². The molecule has 0 spiro atoms. The molecule has 2 aromatic rings. The fourth-order valence-electron chi connectivity index (χ4n) is 3.00. The number of hydrogen-bond donors (Lipinski definition) is 0. The van der Waals surface area contributed by atoms with Gasteiger partial charge in [0.1, 0.15) is 5.01 Å². The van der Waals surface area contributed by atoms with E-state index in [9.17, 15) is 4.79 Å². The minimum absolute atomic E-state index is 0.171. The molecule has 1 atom stereocenters. The maximum atomic E-state index is 11.5. The van der Waals surface area contributed by atoms with Crippen LogP contribution in [0.3, 0.4) is 0 Å². The molecule has 2 aromatic heterocycles. The average Bonchev–Trinajstić information content (AvgIpc) is 2.97. The molecule has 0 radical (unpaired) electrons. The molecular weight excluding hydrogens is 308 g/mol. The Morgan fingerprint density at radius 3 is 2.65 bits per heavy atom. The number of carbonyl (C=O) groups is 1. The van der Waals surface area contributed by atoms with Crippen molar-refractivity contribution in [3.05, 3.63) is 35.1 Å². The van der Waals surface area contributed by atoms with E-state index in [1.165, 1.54) is 4.88 Å². The van der Waals surface area contributed by atoms with Crippen LogP contribution >= 0.6 is 11.3 Å². The maximum absolute atomic E-state index is 11.5. The zero-order valence-electron chi connectivity index (χ0n) is 13.8. The molecule has 0 unspecified atom stereocenters. The van der Waals surface area contributed by atoms with Crippen molar-refractivity contribution in [2.45, 2.75) is 26.8 Å². The van der Waals surface area contributed by atoms with Gasteiger partial charge in [-0.2, -0.15) is 0 Å². The van der Waals surface area contributed by atoms with Gasteiger partial charge in [-0.25, -0.2) is 4.98 Å². The third-order valence-electron chi connectivity index (χ3n) is 4.43. The summed E-state index contributed by atoms with van der Waals surface area (Å²) in [6.45, 7) is 9.41. The molecule has 1 fully saturated rings. The Bertz CT molecular complexity index is 677. The second-order valence-corrected chi connectivity index (χ2v) is 6.96. The summed E-state index contributed by atoms with van der Waals surface area (Å²) >= 11 is 1.75. The van der Waals surface area contributed by atoms with E-state index in [0.29, 0.717) is 6.04 Å². The lowest BCUT2D eigenvalue weighted by molar-refractivity contribution is -0.130. The predicted molar refractivity (Wildman–Crippen MR) is 92.3 cm³/mol. The van der Waals surface area contributed by atoms with Crippen LogP contribution in [-0.4, -0.2) is 51.9 Å². The van der Waals surface area contributed by atoms with Crippen LogP contribution in [0, 0.1) is 6.92 Å². The van der Waals surface area contributed by atoms with E-state index >= 15 is 0 Å². The smallest absolute Gasteiger partial charge is 0.219 e. The van der Waals surface area contributed by atoms with Crippen molar-refractivity contribution in [1.29, 1.82) is 0 Å². The molecule has 0 bridgehead atoms. The van der Waals surface area contributed by atoms with E-state index in [2.05, 4.69) is 23.7 Å². The molecule has 0 saturated carbocycles. The van der Waals surface area contributed by atoms with E-state index < -0.39 is 0 Å². The Balaban J connectivity index is 1.75. The van der Waals surface area contributed by atoms with Crippen LogP contribution in [0.25, 0.3) is 10.6 Å². The summed E-state index contributed by atoms with van der Waals surface area (Å²) in [5, 5.41) is 1.03. The molecule has 1 aliphatic rings. The summed E-state index contributed by atoms with van der Waals surface area (Å²) < 4.78 is 0. The van der Waals surface area contributed by atoms with Crippen molar-refractivity contribution < 1.29 is 4.79 Å². The molecule has 1 saturated heterocycles. The Morgan fingerprint density at radius 2 is 2.04 bits per heavy atom. The fourth-order valence-corrected chi connectivity index (χ4v) is 4.14. The molecule has 1 amide bonds. The number of aromatic nitrogens is 2. The molecule has 0 aromatic carbocycles. The lowest BCUT2D eigenvalue weighted by Crippen LogP contribution is -2.48. The van der Waals surface area contributed by atoms with Crippen LogP contribution in [0.2, 0.25) is 0 Å². The van der Waals surface area contributed by atoms with E-state index in [1.807, 2.05) is 23.2 Å². The van der Waals surface area contributed by atoms with E-state index in [0.717, 1.165) is 42.4 Å². The first-order chi connectivity index (χ1) is 11.1. The molecule has 0 aliphatic carbocycles. The van der Waals surface area contributed by atoms with Gasteiger partial charge in [0, 0.05) is 62.0 Å². The van der Waals surface area contributed by atoms with Gasteiger partial charge in [0.15, 0.2) is 0 Å². The first-order valence-corrected chi connectivity index (χ1v) is 8.75. The van der Waals surface area contributed by atoms with Gasteiger partial charge >= 0.3 is 0 Å². The van der Waals surface area contributed by atoms with Gasteiger partial charge in [0.2, 0.25) is 5.91 Å². The summed E-state index contributed by atoms with van der Waals surface area (Å²) in [4.78, 5) is 26.0. The van der Waals surface area contributed by atoms with Crippen LogP contribution in [-0.2, 0) is 4.79 Å². The highest BCUT2D eigenvalue weighted by molar-refractivity contribution is 7.15. The van der Waals surface area contributed by atoms with Gasteiger partial charge in [-0.1, -0.05) is 0 Å². The summed E-state index contributed by atoms with van der Waals surface area (Å²) in [6.07, 6.45) is 3.64. The molecule has 6 heteroatoms. The Morgan fingerprint density at radius 1 is 1.30 bits per heavy atom. The average molecular weight is 330 g/mol. The first-order valence-electron chi connectivity index (χ1n) is 7.93. The monoisotopic (exact) mass is 330 g/mol. The number of piperazine rings is 1. The summed E-state index contributed by atoms with van der Waals surface area (Å²) in [5.74, 6) is 0.171. The molecule has 122 valence electrons. The van der Waals surface area contributed by atoms with Gasteiger partial charge in [-0.15, -0.1) is 11.3 Å². The molecule has 0 N–H and O–H groups in total. The van der Waals surface area contributed by atoms with E-state index in [4.69, 9.17) is 4.98 Å². The summed E-state index contributed by atoms with van der Waals surface area (Å²) in [6, 6.07) is 4.31. The number of nitrogens with zero attached hydrogens (tertiary/aromatic N) is 4. The van der Waals surface area contributed by atoms with Crippen LogP contribution in [0.15, 0.2) is 24.5 Å². The van der Waals surface area contributed by atoms with Crippen molar-refractivity contribution in [2.75, 3.05) is 26.2 Å². The van der Waals surface area contributed by atoms with Crippen molar-refractivity contribution in [3.63, 3.8) is 0 Å². The second-order valence-electron chi connectivity index (χ2n) is 5.93. The Hall–Kier alpha value is -1.79. The number of thiazole rings is 1. The maximum Gasteiger partial charge on any atom is 0.219 e. The van der Waals surface area contributed by atoms with Gasteiger partial charge in [0.05, 0.1) is 5.69 Å². The van der Waals surface area contributed by atoms with Crippen molar-refractivity contribution in [3.8, 4) is 10.6 Å². The van der Waals surface area contributed by atoms with Gasteiger partial charge in [0.25, 0.3) is 0 Å². The lowest BCUT2D eigenvalue weighted by atomic mass is 10.1. The third-order valence-corrected chi connectivity index (χ3v) is 5.80. The number of rotatable bonds is 3. The minimum atomic E-state index is 0.171. The standard InChI is InChI=1S/C17H22N4OS/c1-12-16(23-17(19-12)15-5-4-6-18-11-15)13(2)20-7-9-21(10-8-20)14(3)22/h4-6,11,13H,7-10H2,1-3H3/t13-/m0/s1. The Labute approximate surface area is 141 Å². The summed E-state index contributed by atoms with van der Waals surface area (Å²) in [5.41, 5.74) is 2.16. The van der Waals surface area contributed by atoms with Crippen LogP contribution in [0.1, 0.15) is 30.5 Å². The van der Waals surface area contributed by atoms with Crippen molar-refractivity contribution in [1.82, 2.24) is 19.8 Å². The van der Waals surface area contributed by atoms with E-state index in [-0.39, 0.29) is 5.91 Å². The molecule has 5 nitrogen and oxygen atoms in total. The highest BCUT2D eigenvalue weighted by atomic mass is 32.1. The topological polar surface area (TPSA) is 49.3 Å². The number of pyridine rings is 1. The summed E-state index contributed by atoms with van der Waals surface area (Å²) in [7, 11) is 0. The zero-order valence-corrected chi connectivity index (χ0v) is 14.6. The Kier molecular flexibility index (Phi) is 4.73. The van der Waals surface area contributed by atoms with Crippen molar-refractivity contribution >= 4 is 17.2 Å². The first kappa shape index (κ1) is 16.1. The van der Waals surface area contributed by atoms with Crippen molar-refractivity contribution in [2.24, 2.45) is 0 Å². The normalized spacial score (nSPS) is 17.3. The highest BCUT2D eigenvalue weighted by Crippen LogP contribution is 2.34. The molecule has 1 aliphatic heterocycles. The minimum Gasteiger partial charge on any atom is -0.340 e. The highest BCUT2D eigenvalue weighted by Gasteiger charge is 2.25. The predicted octanol–water partition coefficient (Wildman–Crippen LogP) is 2.74. The van der Waals surface area contributed by atoms with Gasteiger partial charge in [-0.05, 0) is 26.0 Å². The molecular formula is C17H22N4OS. The second kappa shape index (κ2) is 6.76. The van der Waals surface area contributed by atoms with E-state index in [1.54, 1.807) is 24.5 Å². The quantitative estimate of drug-likeness (QED) is 0.868. The number of aryl methyl sites for hydroxylation is 1. The molecule has 23 heavy (non-hydrogen) atoms. The van der Waals surface area contributed by atoms with Gasteiger partial charge in [-0.3, -0.25) is 14.7 Å². The van der Waals surface area contributed by atoms with Crippen LogP contribution in [0.4, 0.5) is 0 Å². The van der Waals surface area contributed by atoms with Crippen LogP contribution < -0.4 is 0 Å². The number of amides is 1. The lowest BCUT2D eigenvalue weighted by Gasteiger charge is -2.37. The van der Waals surface area contributed by atoms with Gasteiger partial charge < -0.3 is 4.90 Å². The molecule has 3 rings (SSSR count). The zero-order chi connectivity index (χ0) is 16.4. The largest absolute Gasteiger partial charge is 0.340 e. The number of carbonyl (C=O) groups excluding carboxylic acids is 1. The third kappa shape index (κ3) is 3.43.